The van der Waals surface area contributed by atoms with Gasteiger partial charge in [-0.25, -0.2) is 10.8 Å². The number of pyridine rings is 1. The smallest absolute Gasteiger partial charge is 0.251 e. The second-order valence-corrected chi connectivity index (χ2v) is 5.14. The predicted octanol–water partition coefficient (Wildman–Crippen LogP) is 2.63. The Kier molecular flexibility index (Phi) is 7.01. The molecule has 0 saturated carbocycles. The summed E-state index contributed by atoms with van der Waals surface area (Å²) >= 11 is 0. The molecule has 1 rings (SSSR count). The van der Waals surface area contributed by atoms with Crippen LogP contribution in [-0.4, -0.2) is 16.9 Å². The molecule has 0 aromatic carbocycles. The molecule has 4 N–H and O–H groups in total. The molecule has 0 fully saturated rings. The minimum absolute atomic E-state index is 0.0649. The molecule has 1 atom stereocenters. The van der Waals surface area contributed by atoms with E-state index in [4.69, 9.17) is 5.84 Å². The number of nitrogens with two attached hydrogens (primary N) is 1. The summed E-state index contributed by atoms with van der Waals surface area (Å²) in [5.74, 6) is 5.87. The molecular formula is C15H26N4O. The number of amides is 1. The summed E-state index contributed by atoms with van der Waals surface area (Å²) < 4.78 is 0. The van der Waals surface area contributed by atoms with Gasteiger partial charge in [-0.1, -0.05) is 33.1 Å². The fourth-order valence-corrected chi connectivity index (χ4v) is 2.07. The van der Waals surface area contributed by atoms with Crippen molar-refractivity contribution in [2.75, 3.05) is 5.43 Å². The number of anilines is 1. The van der Waals surface area contributed by atoms with E-state index in [9.17, 15) is 4.79 Å². The molecule has 20 heavy (non-hydrogen) atoms. The first-order valence-electron chi connectivity index (χ1n) is 7.39. The number of nitrogen functional groups attached to an aromatic ring is 1. The molecular weight excluding hydrogens is 252 g/mol. The van der Waals surface area contributed by atoms with Gasteiger partial charge in [-0.2, -0.15) is 0 Å². The molecule has 0 saturated heterocycles. The Morgan fingerprint density at radius 1 is 1.35 bits per heavy atom. The molecule has 1 aromatic heterocycles. The molecule has 1 amide bonds. The summed E-state index contributed by atoms with van der Waals surface area (Å²) in [6.45, 7) is 6.26. The van der Waals surface area contributed by atoms with Gasteiger partial charge < -0.3 is 10.7 Å². The monoisotopic (exact) mass is 278 g/mol. The molecule has 5 heteroatoms. The Balaban J connectivity index is 2.77. The first-order valence-corrected chi connectivity index (χ1v) is 7.39. The third kappa shape index (κ3) is 5.17. The van der Waals surface area contributed by atoms with E-state index in [1.165, 1.54) is 0 Å². The molecule has 0 radical (unpaired) electrons. The molecule has 112 valence electrons. The molecule has 0 aliphatic heterocycles. The van der Waals surface area contributed by atoms with E-state index in [0.29, 0.717) is 11.4 Å². The van der Waals surface area contributed by atoms with E-state index in [2.05, 4.69) is 29.6 Å². The molecule has 1 unspecified atom stereocenters. The van der Waals surface area contributed by atoms with E-state index < -0.39 is 0 Å². The number of nitrogens with zero attached hydrogens (tertiary/aromatic N) is 1. The van der Waals surface area contributed by atoms with Crippen LogP contribution in [0.1, 0.15) is 62.5 Å². The van der Waals surface area contributed by atoms with E-state index in [-0.39, 0.29) is 11.9 Å². The largest absolute Gasteiger partial charge is 0.350 e. The van der Waals surface area contributed by atoms with Gasteiger partial charge in [0.25, 0.3) is 5.91 Å². The highest BCUT2D eigenvalue weighted by Crippen LogP contribution is 2.12. The van der Waals surface area contributed by atoms with Gasteiger partial charge in [-0.05, 0) is 31.9 Å². The number of aromatic nitrogens is 1. The fourth-order valence-electron chi connectivity index (χ4n) is 2.07. The highest BCUT2D eigenvalue weighted by molar-refractivity contribution is 5.95. The van der Waals surface area contributed by atoms with Gasteiger partial charge in [0.2, 0.25) is 0 Å². The van der Waals surface area contributed by atoms with Gasteiger partial charge in [0.15, 0.2) is 0 Å². The predicted molar refractivity (Wildman–Crippen MR) is 82.5 cm³/mol. The molecule has 0 aliphatic rings. The topological polar surface area (TPSA) is 80.0 Å². The first kappa shape index (κ1) is 16.4. The summed E-state index contributed by atoms with van der Waals surface area (Å²) in [7, 11) is 0. The van der Waals surface area contributed by atoms with Crippen molar-refractivity contribution < 1.29 is 4.79 Å². The standard InChI is InChI=1S/C15H26N4O/c1-4-6-8-11(3)17-15(20)12-9-13(7-5-2)18-14(10-12)19-16/h9-11H,4-8,16H2,1-3H3,(H,17,20)(H,18,19). The van der Waals surface area contributed by atoms with Crippen LogP contribution in [0.4, 0.5) is 5.82 Å². The second kappa shape index (κ2) is 8.53. The summed E-state index contributed by atoms with van der Waals surface area (Å²) in [6.07, 6.45) is 5.07. The van der Waals surface area contributed by atoms with E-state index >= 15 is 0 Å². The van der Waals surface area contributed by atoms with Gasteiger partial charge in [-0.3, -0.25) is 4.79 Å². The maximum absolute atomic E-state index is 12.2. The van der Waals surface area contributed by atoms with Gasteiger partial charge >= 0.3 is 0 Å². The molecule has 0 bridgehead atoms. The Bertz CT molecular complexity index is 434. The maximum Gasteiger partial charge on any atom is 0.251 e. The highest BCUT2D eigenvalue weighted by atomic mass is 16.1. The van der Waals surface area contributed by atoms with Crippen LogP contribution in [0.2, 0.25) is 0 Å². The van der Waals surface area contributed by atoms with Crippen molar-refractivity contribution in [2.24, 2.45) is 5.84 Å². The summed E-state index contributed by atoms with van der Waals surface area (Å²) in [6, 6.07) is 3.70. The summed E-state index contributed by atoms with van der Waals surface area (Å²) in [5, 5.41) is 3.02. The van der Waals surface area contributed by atoms with Crippen molar-refractivity contribution in [1.82, 2.24) is 10.3 Å². The van der Waals surface area contributed by atoms with E-state index in [1.807, 2.05) is 13.0 Å². The van der Waals surface area contributed by atoms with E-state index in [0.717, 1.165) is 37.8 Å². The van der Waals surface area contributed by atoms with Crippen LogP contribution in [0.15, 0.2) is 12.1 Å². The second-order valence-electron chi connectivity index (χ2n) is 5.14. The minimum atomic E-state index is -0.0649. The number of nitrogens with one attached hydrogen (secondary N) is 2. The van der Waals surface area contributed by atoms with Crippen LogP contribution in [0, 0.1) is 0 Å². The van der Waals surface area contributed by atoms with Crippen LogP contribution >= 0.6 is 0 Å². The Morgan fingerprint density at radius 2 is 2.10 bits per heavy atom. The lowest BCUT2D eigenvalue weighted by Crippen LogP contribution is -2.32. The number of aryl methyl sites for hydroxylation is 1. The van der Waals surface area contributed by atoms with Gasteiger partial charge in [0.05, 0.1) is 0 Å². The van der Waals surface area contributed by atoms with Gasteiger partial charge in [0.1, 0.15) is 5.82 Å². The van der Waals surface area contributed by atoms with Crippen molar-refractivity contribution in [3.8, 4) is 0 Å². The number of hydrogen-bond donors (Lipinski definition) is 3. The van der Waals surface area contributed by atoms with Crippen molar-refractivity contribution in [2.45, 2.75) is 58.9 Å². The lowest BCUT2D eigenvalue weighted by atomic mass is 10.1. The summed E-state index contributed by atoms with van der Waals surface area (Å²) in [5.41, 5.74) is 4.01. The first-order chi connectivity index (χ1) is 9.60. The number of hydrazine groups is 1. The van der Waals surface area contributed by atoms with Crippen LogP contribution in [0.3, 0.4) is 0 Å². The van der Waals surface area contributed by atoms with Crippen molar-refractivity contribution >= 4 is 11.7 Å². The zero-order chi connectivity index (χ0) is 15.0. The molecule has 5 nitrogen and oxygen atoms in total. The number of carbonyl (C=O) groups excluding carboxylic acids is 1. The van der Waals surface area contributed by atoms with Crippen molar-refractivity contribution in [1.29, 1.82) is 0 Å². The van der Waals surface area contributed by atoms with Crippen LogP contribution < -0.4 is 16.6 Å². The van der Waals surface area contributed by atoms with Crippen LogP contribution in [-0.2, 0) is 6.42 Å². The minimum Gasteiger partial charge on any atom is -0.350 e. The average Bonchev–Trinajstić information content (AvgIpc) is 2.45. The Morgan fingerprint density at radius 3 is 2.70 bits per heavy atom. The van der Waals surface area contributed by atoms with Crippen molar-refractivity contribution in [3.05, 3.63) is 23.4 Å². The number of rotatable bonds is 8. The Hall–Kier alpha value is -1.62. The number of carbonyl (C=O) groups is 1. The molecule has 0 spiro atoms. The van der Waals surface area contributed by atoms with Crippen molar-refractivity contribution in [3.63, 3.8) is 0 Å². The lowest BCUT2D eigenvalue weighted by molar-refractivity contribution is 0.0938. The average molecular weight is 278 g/mol. The lowest BCUT2D eigenvalue weighted by Gasteiger charge is -2.14. The van der Waals surface area contributed by atoms with E-state index in [1.54, 1.807) is 6.07 Å². The zero-order valence-corrected chi connectivity index (χ0v) is 12.7. The van der Waals surface area contributed by atoms with Crippen LogP contribution in [0.25, 0.3) is 0 Å². The molecule has 1 aromatic rings. The molecule has 0 aliphatic carbocycles. The molecule has 1 heterocycles. The zero-order valence-electron chi connectivity index (χ0n) is 12.7. The maximum atomic E-state index is 12.2. The SMILES string of the molecule is CCCCC(C)NC(=O)c1cc(CCC)nc(NN)c1. The number of hydrogen-bond acceptors (Lipinski definition) is 4. The highest BCUT2D eigenvalue weighted by Gasteiger charge is 2.12. The third-order valence-electron chi connectivity index (χ3n) is 3.16. The normalized spacial score (nSPS) is 12.0. The van der Waals surface area contributed by atoms with Gasteiger partial charge in [0, 0.05) is 17.3 Å². The van der Waals surface area contributed by atoms with Gasteiger partial charge in [-0.15, -0.1) is 0 Å². The third-order valence-corrected chi connectivity index (χ3v) is 3.16. The number of unbranched alkanes of at least 4 members (excludes halogenated alkanes) is 1. The fraction of sp³-hybridized carbons (Fsp3) is 0.600. The quantitative estimate of drug-likeness (QED) is 0.504. The Labute approximate surface area is 121 Å². The van der Waals surface area contributed by atoms with Crippen LogP contribution in [0.5, 0.6) is 0 Å². The summed E-state index contributed by atoms with van der Waals surface area (Å²) in [4.78, 5) is 16.6.